The van der Waals surface area contributed by atoms with Crippen LogP contribution in [0, 0.1) is 13.8 Å². The van der Waals surface area contributed by atoms with Crippen molar-refractivity contribution >= 4 is 34.4 Å². The van der Waals surface area contributed by atoms with E-state index in [-0.39, 0.29) is 21.9 Å². The van der Waals surface area contributed by atoms with E-state index in [4.69, 9.17) is 18.0 Å². The Morgan fingerprint density at radius 3 is 1.83 bits per heavy atom. The number of halogens is 7. The molecule has 29 heavy (non-hydrogen) atoms. The molecule has 0 aromatic heterocycles. The van der Waals surface area contributed by atoms with Crippen molar-refractivity contribution in [2.24, 2.45) is 0 Å². The van der Waals surface area contributed by atoms with Gasteiger partial charge in [0.2, 0.25) is 0 Å². The Balaban J connectivity index is 2.37. The van der Waals surface area contributed by atoms with Gasteiger partial charge in [0.15, 0.2) is 5.11 Å². The van der Waals surface area contributed by atoms with Crippen LogP contribution in [-0.2, 0) is 5.67 Å². The van der Waals surface area contributed by atoms with Crippen molar-refractivity contribution in [2.45, 2.75) is 31.9 Å². The Kier molecular flexibility index (Phi) is 6.03. The van der Waals surface area contributed by atoms with E-state index in [9.17, 15) is 30.7 Å². The van der Waals surface area contributed by atoms with Crippen LogP contribution in [0.5, 0.6) is 0 Å². The fraction of sp³-hybridized carbons (Fsp3) is 0.278. The van der Waals surface area contributed by atoms with Crippen molar-refractivity contribution in [3.8, 4) is 0 Å². The lowest BCUT2D eigenvalue weighted by atomic mass is 9.90. The Labute approximate surface area is 167 Å². The zero-order chi connectivity index (χ0) is 22.2. The standard InChI is InChI=1S/C18H16F7N3S/c1-9-6-11(16(19,17(20,21)22)18(23,24)25)7-10(2)14(9)28-15(29)27-13-5-3-4-12(26)8-13/h3-8H,26H2,1-2H3,(H2,27,28,29). The highest BCUT2D eigenvalue weighted by Crippen LogP contribution is 2.53. The van der Waals surface area contributed by atoms with Gasteiger partial charge in [0.25, 0.3) is 0 Å². The second-order valence-corrected chi connectivity index (χ2v) is 6.75. The second kappa shape index (κ2) is 7.69. The molecule has 0 atom stereocenters. The summed E-state index contributed by atoms with van der Waals surface area (Å²) in [6.45, 7) is 2.49. The largest absolute Gasteiger partial charge is 0.435 e. The van der Waals surface area contributed by atoms with Gasteiger partial charge in [0.1, 0.15) is 0 Å². The van der Waals surface area contributed by atoms with E-state index in [1.165, 1.54) is 13.8 Å². The lowest BCUT2D eigenvalue weighted by molar-refractivity contribution is -0.348. The van der Waals surface area contributed by atoms with Gasteiger partial charge in [-0.15, -0.1) is 0 Å². The minimum atomic E-state index is -6.18. The molecule has 0 saturated carbocycles. The fourth-order valence-electron chi connectivity index (χ4n) is 2.74. The summed E-state index contributed by atoms with van der Waals surface area (Å²) < 4.78 is 92.2. The molecule has 0 heterocycles. The number of thiocarbonyl (C=S) groups is 1. The number of benzene rings is 2. The maximum atomic E-state index is 14.3. The van der Waals surface area contributed by atoms with Crippen LogP contribution in [0.1, 0.15) is 16.7 Å². The van der Waals surface area contributed by atoms with Crippen LogP contribution in [0.2, 0.25) is 0 Å². The highest BCUT2D eigenvalue weighted by Gasteiger charge is 2.73. The Hall–Kier alpha value is -2.56. The molecule has 0 unspecified atom stereocenters. The van der Waals surface area contributed by atoms with E-state index in [1.807, 2.05) is 0 Å². The predicted octanol–water partition coefficient (Wildman–Crippen LogP) is 5.98. The predicted molar refractivity (Wildman–Crippen MR) is 102 cm³/mol. The third-order valence-electron chi connectivity index (χ3n) is 4.09. The van der Waals surface area contributed by atoms with Gasteiger partial charge < -0.3 is 16.4 Å². The molecule has 0 radical (unpaired) electrons. The van der Waals surface area contributed by atoms with Gasteiger partial charge in [-0.25, -0.2) is 4.39 Å². The molecule has 0 saturated heterocycles. The maximum absolute atomic E-state index is 14.3. The number of nitrogens with two attached hydrogens (primary N) is 1. The van der Waals surface area contributed by atoms with Gasteiger partial charge >= 0.3 is 18.0 Å². The summed E-state index contributed by atoms with van der Waals surface area (Å²) in [4.78, 5) is 0. The molecule has 2 rings (SSSR count). The molecule has 158 valence electrons. The molecule has 0 aliphatic rings. The van der Waals surface area contributed by atoms with E-state index in [0.717, 1.165) is 0 Å². The number of aryl methyl sites for hydroxylation is 2. The lowest BCUT2D eigenvalue weighted by Gasteiger charge is -2.31. The van der Waals surface area contributed by atoms with Gasteiger partial charge in [-0.2, -0.15) is 26.3 Å². The van der Waals surface area contributed by atoms with Gasteiger partial charge in [0, 0.05) is 22.6 Å². The number of anilines is 3. The number of rotatable bonds is 3. The third kappa shape index (κ3) is 4.55. The minimum absolute atomic E-state index is 0.0210. The van der Waals surface area contributed by atoms with Crippen LogP contribution in [0.25, 0.3) is 0 Å². The van der Waals surface area contributed by atoms with Crippen molar-refractivity contribution in [3.05, 3.63) is 53.1 Å². The van der Waals surface area contributed by atoms with E-state index in [2.05, 4.69) is 10.6 Å². The quantitative estimate of drug-likeness (QED) is 0.313. The molecular weight excluding hydrogens is 423 g/mol. The first kappa shape index (κ1) is 22.7. The number of hydrogen-bond donors (Lipinski definition) is 3. The van der Waals surface area contributed by atoms with E-state index >= 15 is 0 Å². The topological polar surface area (TPSA) is 50.1 Å². The molecule has 0 bridgehead atoms. The molecule has 0 amide bonds. The number of alkyl halides is 7. The maximum Gasteiger partial charge on any atom is 0.435 e. The smallest absolute Gasteiger partial charge is 0.399 e. The molecule has 2 aromatic rings. The monoisotopic (exact) mass is 439 g/mol. The highest BCUT2D eigenvalue weighted by atomic mass is 32.1. The Morgan fingerprint density at radius 1 is 0.862 bits per heavy atom. The van der Waals surface area contributed by atoms with Crippen molar-refractivity contribution in [1.82, 2.24) is 0 Å². The van der Waals surface area contributed by atoms with Gasteiger partial charge in [0.05, 0.1) is 0 Å². The molecule has 4 N–H and O–H groups in total. The van der Waals surface area contributed by atoms with Gasteiger partial charge in [-0.1, -0.05) is 18.2 Å². The second-order valence-electron chi connectivity index (χ2n) is 6.34. The zero-order valence-corrected chi connectivity index (χ0v) is 15.9. The summed E-state index contributed by atoms with van der Waals surface area (Å²) in [5.74, 6) is 0. The first-order chi connectivity index (χ1) is 13.2. The van der Waals surface area contributed by atoms with Gasteiger partial charge in [-0.05, 0) is 55.4 Å². The first-order valence-corrected chi connectivity index (χ1v) is 8.45. The summed E-state index contributed by atoms with van der Waals surface area (Å²) in [6.07, 6.45) is -12.4. The van der Waals surface area contributed by atoms with Crippen molar-refractivity contribution in [1.29, 1.82) is 0 Å². The molecule has 11 heteroatoms. The summed E-state index contributed by atoms with van der Waals surface area (Å²) >= 11 is 5.11. The van der Waals surface area contributed by atoms with E-state index in [1.54, 1.807) is 24.3 Å². The van der Waals surface area contributed by atoms with Crippen LogP contribution in [0.15, 0.2) is 36.4 Å². The molecule has 0 aliphatic heterocycles. The molecular formula is C18H16F7N3S. The van der Waals surface area contributed by atoms with E-state index in [0.29, 0.717) is 23.5 Å². The molecule has 3 nitrogen and oxygen atoms in total. The molecule has 0 spiro atoms. The molecule has 2 aromatic carbocycles. The van der Waals surface area contributed by atoms with Crippen molar-refractivity contribution in [3.63, 3.8) is 0 Å². The average molecular weight is 439 g/mol. The summed E-state index contributed by atoms with van der Waals surface area (Å²) in [5, 5.41) is 5.50. The fourth-order valence-corrected chi connectivity index (χ4v) is 2.96. The van der Waals surface area contributed by atoms with Crippen molar-refractivity contribution < 1.29 is 30.7 Å². The Bertz CT molecular complexity index is 885. The normalized spacial score (nSPS) is 12.6. The van der Waals surface area contributed by atoms with Crippen LogP contribution in [0.3, 0.4) is 0 Å². The SMILES string of the molecule is Cc1cc(C(F)(C(F)(F)F)C(F)(F)F)cc(C)c1NC(=S)Nc1cccc(N)c1. The van der Waals surface area contributed by atoms with Crippen LogP contribution in [-0.4, -0.2) is 17.5 Å². The van der Waals surface area contributed by atoms with Crippen LogP contribution >= 0.6 is 12.2 Å². The zero-order valence-electron chi connectivity index (χ0n) is 15.1. The minimum Gasteiger partial charge on any atom is -0.399 e. The number of nitrogens with one attached hydrogen (secondary N) is 2. The Morgan fingerprint density at radius 2 is 1.38 bits per heavy atom. The third-order valence-corrected chi connectivity index (χ3v) is 4.30. The summed E-state index contributed by atoms with van der Waals surface area (Å²) in [6, 6.07) is 7.51. The van der Waals surface area contributed by atoms with Gasteiger partial charge in [-0.3, -0.25) is 0 Å². The summed E-state index contributed by atoms with van der Waals surface area (Å²) in [5.41, 5.74) is -0.372. The van der Waals surface area contributed by atoms with Crippen LogP contribution in [0.4, 0.5) is 47.8 Å². The van der Waals surface area contributed by atoms with Crippen LogP contribution < -0.4 is 16.4 Å². The van der Waals surface area contributed by atoms with E-state index < -0.39 is 23.6 Å². The lowest BCUT2D eigenvalue weighted by Crippen LogP contribution is -2.50. The molecule has 0 aliphatic carbocycles. The first-order valence-electron chi connectivity index (χ1n) is 8.04. The number of hydrogen-bond acceptors (Lipinski definition) is 2. The van der Waals surface area contributed by atoms with Crippen molar-refractivity contribution in [2.75, 3.05) is 16.4 Å². The number of nitrogen functional groups attached to an aromatic ring is 1. The average Bonchev–Trinajstić information content (AvgIpc) is 2.55. The molecule has 0 fully saturated rings. The highest BCUT2D eigenvalue weighted by molar-refractivity contribution is 7.80. The summed E-state index contributed by atoms with van der Waals surface area (Å²) in [7, 11) is 0.